The molecular formula is C19H18N6OS. The molecule has 2 aromatic carbocycles. The van der Waals surface area contributed by atoms with Gasteiger partial charge in [0.25, 0.3) is 0 Å². The van der Waals surface area contributed by atoms with Gasteiger partial charge in [0.05, 0.1) is 11.4 Å². The fraction of sp³-hybridized carbons (Fsp3) is 0.211. The van der Waals surface area contributed by atoms with E-state index in [-0.39, 0.29) is 0 Å². The second kappa shape index (κ2) is 7.71. The van der Waals surface area contributed by atoms with Crippen LogP contribution in [0.25, 0.3) is 17.1 Å². The lowest BCUT2D eigenvalue weighted by Crippen LogP contribution is -2.00. The van der Waals surface area contributed by atoms with E-state index in [1.165, 1.54) is 17.3 Å². The fourth-order valence-electron chi connectivity index (χ4n) is 2.57. The van der Waals surface area contributed by atoms with Crippen molar-refractivity contribution in [3.8, 4) is 17.1 Å². The average molecular weight is 378 g/mol. The maximum Gasteiger partial charge on any atom is 0.247 e. The van der Waals surface area contributed by atoms with Gasteiger partial charge in [0.2, 0.25) is 16.9 Å². The van der Waals surface area contributed by atoms with Crippen LogP contribution in [0.3, 0.4) is 0 Å². The minimum absolute atomic E-state index is 0.484. The Morgan fingerprint density at radius 1 is 0.963 bits per heavy atom. The number of tetrazole rings is 1. The highest BCUT2D eigenvalue weighted by Crippen LogP contribution is 2.25. The van der Waals surface area contributed by atoms with Gasteiger partial charge in [-0.2, -0.15) is 4.68 Å². The lowest BCUT2D eigenvalue weighted by molar-refractivity contribution is 0.528. The molecule has 2 aromatic heterocycles. The van der Waals surface area contributed by atoms with Gasteiger partial charge in [0.1, 0.15) is 0 Å². The number of hydrogen-bond acceptors (Lipinski definition) is 7. The van der Waals surface area contributed by atoms with Gasteiger partial charge in [-0.3, -0.25) is 0 Å². The van der Waals surface area contributed by atoms with Crippen LogP contribution in [0.4, 0.5) is 0 Å². The molecule has 2 heterocycles. The summed E-state index contributed by atoms with van der Waals surface area (Å²) in [5.41, 5.74) is 3.10. The fourth-order valence-corrected chi connectivity index (χ4v) is 3.29. The number of nitrogens with zero attached hydrogens (tertiary/aromatic N) is 6. The molecular weight excluding hydrogens is 360 g/mol. The van der Waals surface area contributed by atoms with E-state index in [1.807, 2.05) is 42.5 Å². The monoisotopic (exact) mass is 378 g/mol. The first-order valence-corrected chi connectivity index (χ1v) is 9.58. The normalized spacial score (nSPS) is 11.2. The van der Waals surface area contributed by atoms with Crippen molar-refractivity contribution in [1.29, 1.82) is 0 Å². The molecule has 0 aliphatic carbocycles. The third-order valence-corrected chi connectivity index (χ3v) is 4.96. The van der Waals surface area contributed by atoms with Gasteiger partial charge in [-0.25, -0.2) is 0 Å². The smallest absolute Gasteiger partial charge is 0.247 e. The van der Waals surface area contributed by atoms with E-state index in [4.69, 9.17) is 4.42 Å². The number of benzene rings is 2. The van der Waals surface area contributed by atoms with Crippen molar-refractivity contribution in [3.63, 3.8) is 0 Å². The largest absolute Gasteiger partial charge is 0.420 e. The van der Waals surface area contributed by atoms with Crippen molar-refractivity contribution in [2.24, 2.45) is 0 Å². The van der Waals surface area contributed by atoms with Crippen LogP contribution in [-0.2, 0) is 5.75 Å². The van der Waals surface area contributed by atoms with Gasteiger partial charge in [-0.15, -0.1) is 15.3 Å². The molecule has 0 amide bonds. The van der Waals surface area contributed by atoms with Crippen molar-refractivity contribution >= 4 is 11.8 Å². The summed E-state index contributed by atoms with van der Waals surface area (Å²) in [6, 6.07) is 17.9. The van der Waals surface area contributed by atoms with Gasteiger partial charge in [-0.05, 0) is 46.2 Å². The highest BCUT2D eigenvalue weighted by atomic mass is 32.2. The summed E-state index contributed by atoms with van der Waals surface area (Å²) < 4.78 is 7.45. The first-order valence-electron chi connectivity index (χ1n) is 8.60. The van der Waals surface area contributed by atoms with Crippen LogP contribution in [0, 0.1) is 0 Å². The van der Waals surface area contributed by atoms with E-state index in [9.17, 15) is 0 Å². The summed E-state index contributed by atoms with van der Waals surface area (Å²) in [6.45, 7) is 4.34. The van der Waals surface area contributed by atoms with Crippen molar-refractivity contribution in [2.75, 3.05) is 0 Å². The Morgan fingerprint density at radius 2 is 1.74 bits per heavy atom. The van der Waals surface area contributed by atoms with Gasteiger partial charge < -0.3 is 4.42 Å². The van der Waals surface area contributed by atoms with E-state index in [0.717, 1.165) is 11.3 Å². The lowest BCUT2D eigenvalue weighted by Gasteiger charge is -2.07. The predicted octanol–water partition coefficient (Wildman–Crippen LogP) is 4.13. The summed E-state index contributed by atoms with van der Waals surface area (Å²) in [5, 5.41) is 20.9. The van der Waals surface area contributed by atoms with E-state index >= 15 is 0 Å². The molecule has 0 unspecified atom stereocenters. The quantitative estimate of drug-likeness (QED) is 0.467. The number of aromatic nitrogens is 6. The van der Waals surface area contributed by atoms with E-state index in [2.05, 4.69) is 51.7 Å². The first-order chi connectivity index (χ1) is 13.2. The molecule has 0 bridgehead atoms. The zero-order valence-corrected chi connectivity index (χ0v) is 15.8. The van der Waals surface area contributed by atoms with E-state index in [1.54, 1.807) is 4.68 Å². The molecule has 0 saturated heterocycles. The van der Waals surface area contributed by atoms with Crippen LogP contribution >= 0.6 is 11.8 Å². The molecule has 0 atom stereocenters. The topological polar surface area (TPSA) is 82.5 Å². The standard InChI is InChI=1S/C19H18N6OS/c1-13(2)14-8-10-16(11-9-14)25-19(22-23-24-25)27-12-17-20-21-18(26-17)15-6-4-3-5-7-15/h3-11,13H,12H2,1-2H3. The van der Waals surface area contributed by atoms with Gasteiger partial charge in [0.15, 0.2) is 0 Å². The zero-order chi connectivity index (χ0) is 18.6. The molecule has 0 fully saturated rings. The minimum atomic E-state index is 0.484. The van der Waals surface area contributed by atoms with Crippen molar-refractivity contribution < 1.29 is 4.42 Å². The van der Waals surface area contributed by atoms with E-state index in [0.29, 0.717) is 28.6 Å². The van der Waals surface area contributed by atoms with Crippen molar-refractivity contribution in [3.05, 3.63) is 66.1 Å². The maximum absolute atomic E-state index is 5.73. The SMILES string of the molecule is CC(C)c1ccc(-n2nnnc2SCc2nnc(-c3ccccc3)o2)cc1. The van der Waals surface area contributed by atoms with Crippen molar-refractivity contribution in [2.45, 2.75) is 30.7 Å². The lowest BCUT2D eigenvalue weighted by atomic mass is 10.0. The molecule has 8 heteroatoms. The summed E-state index contributed by atoms with van der Waals surface area (Å²) in [4.78, 5) is 0. The van der Waals surface area contributed by atoms with E-state index < -0.39 is 0 Å². The molecule has 0 aliphatic rings. The summed E-state index contributed by atoms with van der Waals surface area (Å²) in [6.07, 6.45) is 0. The first kappa shape index (κ1) is 17.4. The van der Waals surface area contributed by atoms with Gasteiger partial charge in [-0.1, -0.05) is 55.9 Å². The van der Waals surface area contributed by atoms with Gasteiger partial charge in [0, 0.05) is 5.56 Å². The third-order valence-electron chi connectivity index (χ3n) is 4.06. The van der Waals surface area contributed by atoms with Crippen LogP contribution < -0.4 is 0 Å². The number of hydrogen-bond donors (Lipinski definition) is 0. The Hall–Kier alpha value is -3.00. The summed E-state index contributed by atoms with van der Waals surface area (Å²) in [7, 11) is 0. The molecule has 0 radical (unpaired) electrons. The Morgan fingerprint density at radius 3 is 2.48 bits per heavy atom. The maximum atomic E-state index is 5.73. The number of thioether (sulfide) groups is 1. The van der Waals surface area contributed by atoms with Crippen LogP contribution in [-0.4, -0.2) is 30.4 Å². The zero-order valence-electron chi connectivity index (χ0n) is 15.0. The van der Waals surface area contributed by atoms with Crippen LogP contribution in [0.1, 0.15) is 31.2 Å². The Balaban J connectivity index is 1.47. The Labute approximate surface area is 160 Å². The summed E-state index contributed by atoms with van der Waals surface area (Å²) >= 11 is 1.45. The second-order valence-corrected chi connectivity index (χ2v) is 7.22. The third kappa shape index (κ3) is 3.90. The van der Waals surface area contributed by atoms with Crippen LogP contribution in [0.5, 0.6) is 0 Å². The molecule has 4 aromatic rings. The van der Waals surface area contributed by atoms with Crippen molar-refractivity contribution in [1.82, 2.24) is 30.4 Å². The second-order valence-electron chi connectivity index (χ2n) is 6.28. The molecule has 0 saturated carbocycles. The summed E-state index contributed by atoms with van der Waals surface area (Å²) in [5.74, 6) is 2.02. The molecule has 27 heavy (non-hydrogen) atoms. The molecule has 7 nitrogen and oxygen atoms in total. The molecule has 0 N–H and O–H groups in total. The Kier molecular flexibility index (Phi) is 4.97. The molecule has 0 aliphatic heterocycles. The van der Waals surface area contributed by atoms with Gasteiger partial charge >= 0.3 is 0 Å². The van der Waals surface area contributed by atoms with Crippen LogP contribution in [0.2, 0.25) is 0 Å². The Bertz CT molecular complexity index is 1010. The highest BCUT2D eigenvalue weighted by Gasteiger charge is 2.13. The molecule has 136 valence electrons. The average Bonchev–Trinajstić information content (AvgIpc) is 3.36. The minimum Gasteiger partial charge on any atom is -0.420 e. The predicted molar refractivity (Wildman–Crippen MR) is 103 cm³/mol. The number of rotatable bonds is 6. The molecule has 4 rings (SSSR count). The highest BCUT2D eigenvalue weighted by molar-refractivity contribution is 7.98. The molecule has 0 spiro atoms. The van der Waals surface area contributed by atoms with Crippen LogP contribution in [0.15, 0.2) is 64.2 Å².